The second-order valence-corrected chi connectivity index (χ2v) is 4.03. The van der Waals surface area contributed by atoms with Crippen molar-refractivity contribution in [2.45, 2.75) is 13.5 Å². The number of aromatic nitrogens is 1. The molecule has 0 aliphatic carbocycles. The Morgan fingerprint density at radius 1 is 1.47 bits per heavy atom. The van der Waals surface area contributed by atoms with E-state index in [0.717, 1.165) is 17.1 Å². The lowest BCUT2D eigenvalue weighted by atomic mass is 10.3. The van der Waals surface area contributed by atoms with Crippen molar-refractivity contribution in [3.8, 4) is 5.75 Å². The van der Waals surface area contributed by atoms with Crippen LogP contribution in [0.5, 0.6) is 5.75 Å². The second kappa shape index (κ2) is 6.20. The van der Waals surface area contributed by atoms with Gasteiger partial charge in [0.1, 0.15) is 5.75 Å². The predicted octanol–water partition coefficient (Wildman–Crippen LogP) is 0.576. The van der Waals surface area contributed by atoms with Crippen LogP contribution in [0.4, 0.5) is 0 Å². The van der Waals surface area contributed by atoms with Gasteiger partial charge in [-0.15, -0.1) is 0 Å². The zero-order valence-corrected chi connectivity index (χ0v) is 10.8. The van der Waals surface area contributed by atoms with Crippen LogP contribution < -0.4 is 10.1 Å². The summed E-state index contributed by atoms with van der Waals surface area (Å²) >= 11 is 0. The molecule has 17 heavy (non-hydrogen) atoms. The summed E-state index contributed by atoms with van der Waals surface area (Å²) in [6.07, 6.45) is 0. The quantitative estimate of drug-likeness (QED) is 0.813. The number of ether oxygens (including phenoxy) is 1. The lowest BCUT2D eigenvalue weighted by Gasteiger charge is -2.11. The van der Waals surface area contributed by atoms with Crippen molar-refractivity contribution in [2.75, 3.05) is 27.7 Å². The van der Waals surface area contributed by atoms with Crippen LogP contribution in [0.1, 0.15) is 11.4 Å². The molecule has 94 valence electrons. The van der Waals surface area contributed by atoms with Gasteiger partial charge in [0.15, 0.2) is 0 Å². The first kappa shape index (κ1) is 13.4. The summed E-state index contributed by atoms with van der Waals surface area (Å²) in [5.41, 5.74) is 1.77. The molecule has 5 heteroatoms. The van der Waals surface area contributed by atoms with Crippen LogP contribution >= 0.6 is 0 Å². The van der Waals surface area contributed by atoms with Crippen molar-refractivity contribution in [1.29, 1.82) is 0 Å². The number of amides is 1. The molecule has 0 aromatic carbocycles. The van der Waals surface area contributed by atoms with Crippen LogP contribution in [0.25, 0.3) is 0 Å². The largest absolute Gasteiger partial charge is 0.497 e. The van der Waals surface area contributed by atoms with E-state index >= 15 is 0 Å². The molecule has 1 aromatic heterocycles. The summed E-state index contributed by atoms with van der Waals surface area (Å²) in [4.78, 5) is 17.3. The maximum atomic E-state index is 11.3. The highest BCUT2D eigenvalue weighted by Gasteiger charge is 2.04. The molecule has 1 heterocycles. The normalized spacial score (nSPS) is 10.1. The summed E-state index contributed by atoms with van der Waals surface area (Å²) < 4.78 is 5.16. The molecule has 0 aliphatic heterocycles. The van der Waals surface area contributed by atoms with E-state index in [9.17, 15) is 4.79 Å². The molecule has 0 fully saturated rings. The highest BCUT2D eigenvalue weighted by atomic mass is 16.5. The minimum Gasteiger partial charge on any atom is -0.497 e. The topological polar surface area (TPSA) is 54.5 Å². The highest BCUT2D eigenvalue weighted by Crippen LogP contribution is 2.12. The van der Waals surface area contributed by atoms with Crippen LogP contribution in [0, 0.1) is 6.92 Å². The van der Waals surface area contributed by atoms with Gasteiger partial charge in [-0.1, -0.05) is 0 Å². The Morgan fingerprint density at radius 3 is 2.76 bits per heavy atom. The summed E-state index contributed by atoms with van der Waals surface area (Å²) in [6, 6.07) is 3.73. The zero-order valence-electron chi connectivity index (χ0n) is 10.8. The molecular weight excluding hydrogens is 218 g/mol. The molecule has 0 unspecified atom stereocenters. The van der Waals surface area contributed by atoms with Crippen molar-refractivity contribution in [3.63, 3.8) is 0 Å². The Bertz CT molecular complexity index is 391. The highest BCUT2D eigenvalue weighted by molar-refractivity contribution is 5.77. The average Bonchev–Trinajstić information content (AvgIpc) is 2.27. The zero-order chi connectivity index (χ0) is 12.8. The molecular formula is C12H19N3O2. The fourth-order valence-corrected chi connectivity index (χ4v) is 1.37. The van der Waals surface area contributed by atoms with Gasteiger partial charge in [0.25, 0.3) is 0 Å². The van der Waals surface area contributed by atoms with Gasteiger partial charge in [0.05, 0.1) is 19.3 Å². The van der Waals surface area contributed by atoms with Gasteiger partial charge in [0.2, 0.25) is 5.91 Å². The van der Waals surface area contributed by atoms with E-state index in [1.54, 1.807) is 26.1 Å². The van der Waals surface area contributed by atoms with Crippen LogP contribution in [0.3, 0.4) is 0 Å². The molecule has 0 spiro atoms. The van der Waals surface area contributed by atoms with E-state index < -0.39 is 0 Å². The number of likely N-dealkylation sites (N-methyl/N-ethyl adjacent to an activating group) is 1. The summed E-state index contributed by atoms with van der Waals surface area (Å²) in [5.74, 6) is 0.831. The van der Waals surface area contributed by atoms with Gasteiger partial charge >= 0.3 is 0 Å². The smallest absolute Gasteiger partial charge is 0.236 e. The van der Waals surface area contributed by atoms with Gasteiger partial charge in [-0.3, -0.25) is 9.78 Å². The maximum absolute atomic E-state index is 11.3. The summed E-state index contributed by atoms with van der Waals surface area (Å²) in [7, 11) is 5.09. The minimum atomic E-state index is 0.0459. The SMILES string of the molecule is COc1cc(C)nc(CNCC(=O)N(C)C)c1. The monoisotopic (exact) mass is 237 g/mol. The Hall–Kier alpha value is -1.62. The summed E-state index contributed by atoms with van der Waals surface area (Å²) in [5, 5.41) is 3.05. The third kappa shape index (κ3) is 4.40. The molecule has 1 aromatic rings. The van der Waals surface area contributed by atoms with Crippen molar-refractivity contribution < 1.29 is 9.53 Å². The number of carbonyl (C=O) groups is 1. The molecule has 0 saturated carbocycles. The maximum Gasteiger partial charge on any atom is 0.236 e. The van der Waals surface area contributed by atoms with E-state index in [4.69, 9.17) is 4.74 Å². The van der Waals surface area contributed by atoms with E-state index in [-0.39, 0.29) is 5.91 Å². The van der Waals surface area contributed by atoms with E-state index in [1.165, 1.54) is 0 Å². The fourth-order valence-electron chi connectivity index (χ4n) is 1.37. The fraction of sp³-hybridized carbons (Fsp3) is 0.500. The molecule has 0 radical (unpaired) electrons. The van der Waals surface area contributed by atoms with Gasteiger partial charge < -0.3 is 15.0 Å². The Balaban J connectivity index is 2.52. The van der Waals surface area contributed by atoms with E-state index in [1.807, 2.05) is 19.1 Å². The molecule has 0 saturated heterocycles. The first-order valence-electron chi connectivity index (χ1n) is 5.45. The van der Waals surface area contributed by atoms with E-state index in [2.05, 4.69) is 10.3 Å². The predicted molar refractivity (Wildman–Crippen MR) is 65.9 cm³/mol. The van der Waals surface area contributed by atoms with Crippen molar-refractivity contribution in [1.82, 2.24) is 15.2 Å². The number of pyridine rings is 1. The third-order valence-corrected chi connectivity index (χ3v) is 2.30. The lowest BCUT2D eigenvalue weighted by Crippen LogP contribution is -2.32. The number of nitrogens with one attached hydrogen (secondary N) is 1. The molecule has 1 rings (SSSR count). The third-order valence-electron chi connectivity index (χ3n) is 2.30. The number of methoxy groups -OCH3 is 1. The first-order chi connectivity index (χ1) is 8.02. The van der Waals surface area contributed by atoms with Gasteiger partial charge in [-0.25, -0.2) is 0 Å². The standard InChI is InChI=1S/C12H19N3O2/c1-9-5-11(17-4)6-10(14-9)7-13-8-12(16)15(2)3/h5-6,13H,7-8H2,1-4H3. The number of hydrogen-bond acceptors (Lipinski definition) is 4. The van der Waals surface area contributed by atoms with Gasteiger partial charge in [-0.2, -0.15) is 0 Å². The van der Waals surface area contributed by atoms with Gasteiger partial charge in [0, 0.05) is 38.5 Å². The lowest BCUT2D eigenvalue weighted by molar-refractivity contribution is -0.127. The molecule has 5 nitrogen and oxygen atoms in total. The molecule has 0 atom stereocenters. The Morgan fingerprint density at radius 2 is 2.18 bits per heavy atom. The Labute approximate surface area is 102 Å². The molecule has 0 aliphatic rings. The molecule has 1 amide bonds. The van der Waals surface area contributed by atoms with E-state index in [0.29, 0.717) is 13.1 Å². The second-order valence-electron chi connectivity index (χ2n) is 4.03. The Kier molecular flexibility index (Phi) is 4.90. The number of hydrogen-bond donors (Lipinski definition) is 1. The van der Waals surface area contributed by atoms with Crippen LogP contribution in [0.15, 0.2) is 12.1 Å². The van der Waals surface area contributed by atoms with Crippen molar-refractivity contribution in [2.24, 2.45) is 0 Å². The minimum absolute atomic E-state index is 0.0459. The summed E-state index contributed by atoms with van der Waals surface area (Å²) in [6.45, 7) is 2.78. The van der Waals surface area contributed by atoms with Crippen molar-refractivity contribution >= 4 is 5.91 Å². The van der Waals surface area contributed by atoms with Crippen LogP contribution in [-0.4, -0.2) is 43.5 Å². The molecule has 0 bridgehead atoms. The number of rotatable bonds is 5. The van der Waals surface area contributed by atoms with Crippen LogP contribution in [0.2, 0.25) is 0 Å². The number of nitrogens with zero attached hydrogens (tertiary/aromatic N) is 2. The van der Waals surface area contributed by atoms with Crippen molar-refractivity contribution in [3.05, 3.63) is 23.5 Å². The first-order valence-corrected chi connectivity index (χ1v) is 5.45. The average molecular weight is 237 g/mol. The number of carbonyl (C=O) groups excluding carboxylic acids is 1. The van der Waals surface area contributed by atoms with Gasteiger partial charge in [-0.05, 0) is 6.92 Å². The van der Waals surface area contributed by atoms with Crippen LogP contribution in [-0.2, 0) is 11.3 Å². The molecule has 1 N–H and O–H groups in total. The number of aryl methyl sites for hydroxylation is 1.